The van der Waals surface area contributed by atoms with Crippen LogP contribution in [0.4, 0.5) is 4.39 Å². The fraction of sp³-hybridized carbons (Fsp3) is 0.727. The maximum atomic E-state index is 13.6. The zero-order valence-electron chi connectivity index (χ0n) is 15.3. The molecule has 25 heavy (non-hydrogen) atoms. The van der Waals surface area contributed by atoms with Crippen molar-refractivity contribution in [2.24, 2.45) is 17.3 Å². The number of aryl methyl sites for hydroxylation is 1. The molecule has 0 radical (unpaired) electrons. The zero-order valence-corrected chi connectivity index (χ0v) is 15.3. The van der Waals surface area contributed by atoms with E-state index in [9.17, 15) is 9.50 Å². The summed E-state index contributed by atoms with van der Waals surface area (Å²) in [5, 5.41) is 20.5. The summed E-state index contributed by atoms with van der Waals surface area (Å²) in [5.74, 6) is 1.63. The summed E-state index contributed by atoms with van der Waals surface area (Å²) in [6, 6.07) is 5.38. The molecule has 5 atom stereocenters. The van der Waals surface area contributed by atoms with Gasteiger partial charge in [0.15, 0.2) is 0 Å². The quantitative estimate of drug-likeness (QED) is 0.784. The van der Waals surface area contributed by atoms with Crippen molar-refractivity contribution in [3.8, 4) is 0 Å². The van der Waals surface area contributed by atoms with Gasteiger partial charge >= 0.3 is 0 Å². The molecule has 0 aromatic heterocycles. The number of aliphatic hydroxyl groups is 2. The molecule has 2 fully saturated rings. The van der Waals surface area contributed by atoms with Crippen LogP contribution >= 0.6 is 0 Å². The molecule has 2 saturated carbocycles. The minimum Gasteiger partial charge on any atom is -0.396 e. The molecule has 3 aliphatic rings. The smallest absolute Gasteiger partial charge is 0.123 e. The number of aliphatic hydroxyl groups excluding tert-OH is 1. The lowest BCUT2D eigenvalue weighted by atomic mass is 9.53. The van der Waals surface area contributed by atoms with E-state index in [4.69, 9.17) is 5.11 Å². The van der Waals surface area contributed by atoms with Crippen molar-refractivity contribution in [3.63, 3.8) is 0 Å². The highest BCUT2D eigenvalue weighted by Gasteiger charge is 2.60. The van der Waals surface area contributed by atoms with Gasteiger partial charge in [-0.1, -0.05) is 13.0 Å². The number of benzene rings is 1. The zero-order chi connectivity index (χ0) is 17.7. The van der Waals surface area contributed by atoms with E-state index in [0.717, 1.165) is 57.8 Å². The number of unbranched alkanes of at least 4 members (excludes halogenated alkanes) is 1. The first-order valence-electron chi connectivity index (χ1n) is 10.1. The third-order valence-corrected chi connectivity index (χ3v) is 8.01. The van der Waals surface area contributed by atoms with Crippen LogP contribution in [0.5, 0.6) is 0 Å². The Balaban J connectivity index is 1.59. The van der Waals surface area contributed by atoms with Crippen molar-refractivity contribution in [2.75, 3.05) is 6.61 Å². The number of hydrogen-bond donors (Lipinski definition) is 2. The lowest BCUT2D eigenvalue weighted by molar-refractivity contribution is -0.108. The maximum absolute atomic E-state index is 13.6. The lowest BCUT2D eigenvalue weighted by Gasteiger charge is -2.53. The van der Waals surface area contributed by atoms with E-state index < -0.39 is 5.60 Å². The molecule has 0 bridgehead atoms. The predicted molar refractivity (Wildman–Crippen MR) is 96.9 cm³/mol. The van der Waals surface area contributed by atoms with Gasteiger partial charge in [-0.05, 0) is 104 Å². The van der Waals surface area contributed by atoms with Crippen molar-refractivity contribution >= 4 is 0 Å². The van der Waals surface area contributed by atoms with Gasteiger partial charge in [-0.25, -0.2) is 4.39 Å². The normalized spacial score (nSPS) is 39.6. The van der Waals surface area contributed by atoms with Crippen molar-refractivity contribution in [1.82, 2.24) is 0 Å². The van der Waals surface area contributed by atoms with Crippen LogP contribution in [0.25, 0.3) is 0 Å². The molecule has 1 unspecified atom stereocenters. The fourth-order valence-corrected chi connectivity index (χ4v) is 6.60. The second-order valence-electron chi connectivity index (χ2n) is 8.97. The van der Waals surface area contributed by atoms with Gasteiger partial charge in [0.05, 0.1) is 5.60 Å². The van der Waals surface area contributed by atoms with Crippen LogP contribution in [0.15, 0.2) is 18.2 Å². The summed E-state index contributed by atoms with van der Waals surface area (Å²) in [5.41, 5.74) is 2.01. The average molecular weight is 346 g/mol. The first-order valence-corrected chi connectivity index (χ1v) is 10.1. The predicted octanol–water partition coefficient (Wildman–Crippen LogP) is 4.58. The fourth-order valence-electron chi connectivity index (χ4n) is 6.60. The Bertz CT molecular complexity index is 645. The molecule has 4 rings (SSSR count). The van der Waals surface area contributed by atoms with Crippen molar-refractivity contribution in [3.05, 3.63) is 35.1 Å². The largest absolute Gasteiger partial charge is 0.396 e. The molecule has 0 heterocycles. The molecule has 1 aromatic carbocycles. The molecular weight excluding hydrogens is 315 g/mol. The van der Waals surface area contributed by atoms with E-state index in [1.165, 1.54) is 11.1 Å². The van der Waals surface area contributed by atoms with Gasteiger partial charge in [0.1, 0.15) is 5.82 Å². The Morgan fingerprint density at radius 2 is 2.00 bits per heavy atom. The van der Waals surface area contributed by atoms with E-state index in [0.29, 0.717) is 17.8 Å². The Kier molecular flexibility index (Phi) is 4.44. The Morgan fingerprint density at radius 1 is 1.16 bits per heavy atom. The van der Waals surface area contributed by atoms with Gasteiger partial charge in [-0.3, -0.25) is 0 Å². The number of rotatable bonds is 4. The highest BCUT2D eigenvalue weighted by molar-refractivity contribution is 5.35. The van der Waals surface area contributed by atoms with Gasteiger partial charge in [-0.2, -0.15) is 0 Å². The van der Waals surface area contributed by atoms with Crippen LogP contribution in [0.2, 0.25) is 0 Å². The minimum atomic E-state index is -0.569. The third-order valence-electron chi connectivity index (χ3n) is 8.01. The second-order valence-corrected chi connectivity index (χ2v) is 8.97. The SMILES string of the molecule is C[C@]12CC[C@@H]3c4ccc(F)cc4CC[C@H]3[C@@H]1CCC2(O)CCCCO. The minimum absolute atomic E-state index is 0.00115. The molecule has 0 saturated heterocycles. The highest BCUT2D eigenvalue weighted by atomic mass is 19.1. The van der Waals surface area contributed by atoms with Crippen LogP contribution in [-0.2, 0) is 6.42 Å². The summed E-state index contributed by atoms with van der Waals surface area (Å²) in [4.78, 5) is 0. The van der Waals surface area contributed by atoms with Gasteiger partial charge in [0, 0.05) is 6.61 Å². The summed E-state index contributed by atoms with van der Waals surface area (Å²) in [6.45, 7) is 2.54. The molecule has 0 aliphatic heterocycles. The van der Waals surface area contributed by atoms with Crippen molar-refractivity contribution in [2.45, 2.75) is 76.2 Å². The Hall–Kier alpha value is -0.930. The molecule has 3 aliphatic carbocycles. The summed E-state index contributed by atoms with van der Waals surface area (Å²) in [6.07, 6.45) is 8.81. The standard InChI is InChI=1S/C22H31FO2/c1-21-11-8-18-17-7-5-16(23)14-15(17)4-6-19(18)20(21)9-12-22(21,25)10-2-3-13-24/h5,7,14,18-20,24-25H,2-4,6,8-13H2,1H3/t18-,19-,20+,21+,22?/m1/s1. The molecule has 3 heteroatoms. The monoisotopic (exact) mass is 346 g/mol. The molecule has 0 amide bonds. The first kappa shape index (κ1) is 17.5. The van der Waals surface area contributed by atoms with Crippen molar-refractivity contribution in [1.29, 1.82) is 0 Å². The molecule has 1 aromatic rings. The summed E-state index contributed by atoms with van der Waals surface area (Å²) >= 11 is 0. The van der Waals surface area contributed by atoms with Crippen LogP contribution in [0.3, 0.4) is 0 Å². The van der Waals surface area contributed by atoms with Crippen LogP contribution in [-0.4, -0.2) is 22.4 Å². The first-order chi connectivity index (χ1) is 12.0. The van der Waals surface area contributed by atoms with Crippen LogP contribution in [0.1, 0.15) is 75.3 Å². The van der Waals surface area contributed by atoms with E-state index in [1.807, 2.05) is 6.07 Å². The second kappa shape index (κ2) is 6.35. The lowest BCUT2D eigenvalue weighted by Crippen LogP contribution is -2.50. The van der Waals surface area contributed by atoms with E-state index in [-0.39, 0.29) is 17.8 Å². The average Bonchev–Trinajstić information content (AvgIpc) is 2.86. The molecule has 2 nitrogen and oxygen atoms in total. The van der Waals surface area contributed by atoms with Gasteiger partial charge < -0.3 is 10.2 Å². The summed E-state index contributed by atoms with van der Waals surface area (Å²) in [7, 11) is 0. The van der Waals surface area contributed by atoms with Crippen molar-refractivity contribution < 1.29 is 14.6 Å². The summed E-state index contributed by atoms with van der Waals surface area (Å²) < 4.78 is 13.6. The number of hydrogen-bond acceptors (Lipinski definition) is 2. The molecule has 2 N–H and O–H groups in total. The third kappa shape index (κ3) is 2.66. The number of halogens is 1. The van der Waals surface area contributed by atoms with Crippen LogP contribution < -0.4 is 0 Å². The van der Waals surface area contributed by atoms with E-state index >= 15 is 0 Å². The van der Waals surface area contributed by atoms with Gasteiger partial charge in [0.25, 0.3) is 0 Å². The highest BCUT2D eigenvalue weighted by Crippen LogP contribution is 2.65. The van der Waals surface area contributed by atoms with E-state index in [2.05, 4.69) is 6.92 Å². The van der Waals surface area contributed by atoms with E-state index in [1.54, 1.807) is 12.1 Å². The van der Waals surface area contributed by atoms with Gasteiger partial charge in [0.2, 0.25) is 0 Å². The molecule has 138 valence electrons. The number of fused-ring (bicyclic) bond motifs is 5. The molecule has 0 spiro atoms. The maximum Gasteiger partial charge on any atom is 0.123 e. The van der Waals surface area contributed by atoms with Crippen LogP contribution in [0, 0.1) is 23.1 Å². The molecular formula is C22H31FO2. The topological polar surface area (TPSA) is 40.5 Å². The Labute approximate surface area is 150 Å². The Morgan fingerprint density at radius 3 is 2.80 bits per heavy atom. The van der Waals surface area contributed by atoms with Gasteiger partial charge in [-0.15, -0.1) is 0 Å².